The molecule has 0 aliphatic carbocycles. The molecule has 0 aromatic heterocycles. The first-order chi connectivity index (χ1) is 14.7. The summed E-state index contributed by atoms with van der Waals surface area (Å²) in [5.41, 5.74) is -0.185. The first-order valence-electron chi connectivity index (χ1n) is 9.19. The van der Waals surface area contributed by atoms with Crippen LogP contribution in [-0.4, -0.2) is 49.2 Å². The molecule has 31 heavy (non-hydrogen) atoms. The molecule has 0 atom stereocenters. The van der Waals surface area contributed by atoms with E-state index in [4.69, 9.17) is 16.3 Å². The van der Waals surface area contributed by atoms with Gasteiger partial charge in [0.2, 0.25) is 10.0 Å². The Bertz CT molecular complexity index is 1110. The predicted molar refractivity (Wildman–Crippen MR) is 111 cm³/mol. The fourth-order valence-electron chi connectivity index (χ4n) is 2.96. The van der Waals surface area contributed by atoms with Gasteiger partial charge in [0.05, 0.1) is 26.1 Å². The van der Waals surface area contributed by atoms with Crippen molar-refractivity contribution in [3.05, 3.63) is 63.2 Å². The average Bonchev–Trinajstić information content (AvgIpc) is 3.29. The van der Waals surface area contributed by atoms with Gasteiger partial charge in [0.1, 0.15) is 0 Å². The number of hydrogen-bond acceptors (Lipinski definition) is 7. The first kappa shape index (κ1) is 22.7. The molecule has 2 aromatic carbocycles. The van der Waals surface area contributed by atoms with E-state index in [2.05, 4.69) is 5.32 Å². The quantitative estimate of drug-likeness (QED) is 0.375. The summed E-state index contributed by atoms with van der Waals surface area (Å²) in [6.07, 6.45) is 1.63. The lowest BCUT2D eigenvalue weighted by Gasteiger charge is -2.15. The van der Waals surface area contributed by atoms with Crippen LogP contribution < -0.4 is 5.32 Å². The van der Waals surface area contributed by atoms with E-state index < -0.39 is 33.4 Å². The third-order valence-electron chi connectivity index (χ3n) is 4.56. The number of carbonyl (C=O) groups is 2. The van der Waals surface area contributed by atoms with E-state index in [1.54, 1.807) is 0 Å². The number of sulfonamides is 1. The highest BCUT2D eigenvalue weighted by Crippen LogP contribution is 2.26. The average molecular weight is 468 g/mol. The molecule has 2 aromatic rings. The standard InChI is InChI=1S/C19H18ClN3O7S/c20-16-8-5-14(23(26)27)11-17(16)21-18(24)12-30-19(25)13-3-6-15(7-4-13)31(28,29)22-9-1-2-10-22/h3-8,11H,1-2,9-10,12H2,(H,21,24). The van der Waals surface area contributed by atoms with Crippen LogP contribution in [0.2, 0.25) is 5.02 Å². The summed E-state index contributed by atoms with van der Waals surface area (Å²) in [6.45, 7) is 0.275. The second-order valence-electron chi connectivity index (χ2n) is 6.68. The Morgan fingerprint density at radius 2 is 1.77 bits per heavy atom. The molecule has 0 bridgehead atoms. The second-order valence-corrected chi connectivity index (χ2v) is 9.03. The Labute approximate surface area is 183 Å². The van der Waals surface area contributed by atoms with Crippen LogP contribution in [0.1, 0.15) is 23.2 Å². The predicted octanol–water partition coefficient (Wildman–Crippen LogP) is 2.83. The van der Waals surface area contributed by atoms with Gasteiger partial charge in [0.25, 0.3) is 11.6 Å². The molecule has 3 rings (SSSR count). The Hall–Kier alpha value is -3.02. The maximum Gasteiger partial charge on any atom is 0.338 e. The van der Waals surface area contributed by atoms with Crippen LogP contribution >= 0.6 is 11.6 Å². The molecule has 12 heteroatoms. The molecule has 1 aliphatic heterocycles. The van der Waals surface area contributed by atoms with Crippen LogP contribution in [0.15, 0.2) is 47.4 Å². The number of benzene rings is 2. The van der Waals surface area contributed by atoms with Crippen molar-refractivity contribution in [1.29, 1.82) is 0 Å². The molecular weight excluding hydrogens is 450 g/mol. The smallest absolute Gasteiger partial charge is 0.338 e. The number of nitrogens with one attached hydrogen (secondary N) is 1. The van der Waals surface area contributed by atoms with E-state index in [9.17, 15) is 28.1 Å². The topological polar surface area (TPSA) is 136 Å². The number of non-ortho nitro benzene ring substituents is 1. The van der Waals surface area contributed by atoms with E-state index >= 15 is 0 Å². The molecule has 0 saturated carbocycles. The van der Waals surface area contributed by atoms with Gasteiger partial charge < -0.3 is 10.1 Å². The van der Waals surface area contributed by atoms with E-state index in [1.807, 2.05) is 0 Å². The maximum atomic E-state index is 12.5. The van der Waals surface area contributed by atoms with Gasteiger partial charge in [-0.15, -0.1) is 0 Å². The Kier molecular flexibility index (Phi) is 6.88. The van der Waals surface area contributed by atoms with Gasteiger partial charge >= 0.3 is 5.97 Å². The number of rotatable bonds is 7. The lowest BCUT2D eigenvalue weighted by molar-refractivity contribution is -0.384. The summed E-state index contributed by atoms with van der Waals surface area (Å²) >= 11 is 5.90. The van der Waals surface area contributed by atoms with Crippen molar-refractivity contribution < 1.29 is 27.7 Å². The number of halogens is 1. The van der Waals surface area contributed by atoms with Gasteiger partial charge in [-0.3, -0.25) is 14.9 Å². The van der Waals surface area contributed by atoms with Crippen molar-refractivity contribution in [2.75, 3.05) is 25.0 Å². The van der Waals surface area contributed by atoms with E-state index in [-0.39, 0.29) is 26.9 Å². The SMILES string of the molecule is O=C(COC(=O)c1ccc(S(=O)(=O)N2CCCC2)cc1)Nc1cc([N+](=O)[O-])ccc1Cl. The fourth-order valence-corrected chi connectivity index (χ4v) is 4.65. The van der Waals surface area contributed by atoms with Gasteiger partial charge in [0.15, 0.2) is 6.61 Å². The highest BCUT2D eigenvalue weighted by atomic mass is 35.5. The Morgan fingerprint density at radius 3 is 2.39 bits per heavy atom. The van der Waals surface area contributed by atoms with E-state index in [0.717, 1.165) is 18.9 Å². The number of esters is 1. The number of nitrogens with zero attached hydrogens (tertiary/aromatic N) is 2. The lowest BCUT2D eigenvalue weighted by Crippen LogP contribution is -2.27. The van der Waals surface area contributed by atoms with Gasteiger partial charge in [-0.2, -0.15) is 4.31 Å². The summed E-state index contributed by atoms with van der Waals surface area (Å²) in [6, 6.07) is 8.77. The molecule has 0 unspecified atom stereocenters. The molecule has 1 fully saturated rings. The number of hydrogen-bond donors (Lipinski definition) is 1. The van der Waals surface area contributed by atoms with Crippen molar-refractivity contribution in [1.82, 2.24) is 4.31 Å². The van der Waals surface area contributed by atoms with Gasteiger partial charge in [-0.1, -0.05) is 11.6 Å². The third kappa shape index (κ3) is 5.37. The van der Waals surface area contributed by atoms with Crippen LogP contribution in [0.4, 0.5) is 11.4 Å². The van der Waals surface area contributed by atoms with Crippen LogP contribution in [-0.2, 0) is 19.6 Å². The van der Waals surface area contributed by atoms with Crippen LogP contribution in [0, 0.1) is 10.1 Å². The summed E-state index contributed by atoms with van der Waals surface area (Å²) in [4.78, 5) is 34.4. The van der Waals surface area contributed by atoms with Gasteiger partial charge in [-0.05, 0) is 43.2 Å². The number of amides is 1. The number of ether oxygens (including phenoxy) is 1. The van der Waals surface area contributed by atoms with E-state index in [0.29, 0.717) is 13.1 Å². The number of anilines is 1. The maximum absolute atomic E-state index is 12.5. The normalized spacial score (nSPS) is 14.2. The van der Waals surface area contributed by atoms with Gasteiger partial charge in [-0.25, -0.2) is 13.2 Å². The van der Waals surface area contributed by atoms with Gasteiger partial charge in [0, 0.05) is 25.2 Å². The molecular formula is C19H18ClN3O7S. The first-order valence-corrected chi connectivity index (χ1v) is 11.0. The zero-order valence-electron chi connectivity index (χ0n) is 16.1. The van der Waals surface area contributed by atoms with Crippen molar-refractivity contribution in [2.24, 2.45) is 0 Å². The number of nitro groups is 1. The summed E-state index contributed by atoms with van der Waals surface area (Å²) in [5, 5.41) is 13.2. The number of carbonyl (C=O) groups excluding carboxylic acids is 2. The molecule has 0 radical (unpaired) electrons. The molecule has 1 heterocycles. The Morgan fingerprint density at radius 1 is 1.13 bits per heavy atom. The largest absolute Gasteiger partial charge is 0.452 e. The molecule has 1 aliphatic rings. The van der Waals surface area contributed by atoms with Crippen molar-refractivity contribution >= 4 is 44.9 Å². The molecule has 1 amide bonds. The number of nitro benzene ring substituents is 1. The summed E-state index contributed by atoms with van der Waals surface area (Å²) in [7, 11) is -3.60. The minimum absolute atomic E-state index is 0.00777. The minimum atomic E-state index is -3.60. The highest BCUT2D eigenvalue weighted by Gasteiger charge is 2.27. The molecule has 10 nitrogen and oxygen atoms in total. The monoisotopic (exact) mass is 467 g/mol. The van der Waals surface area contributed by atoms with Crippen LogP contribution in [0.5, 0.6) is 0 Å². The van der Waals surface area contributed by atoms with Crippen molar-refractivity contribution in [2.45, 2.75) is 17.7 Å². The van der Waals surface area contributed by atoms with E-state index in [1.165, 1.54) is 40.7 Å². The Balaban J connectivity index is 1.59. The zero-order chi connectivity index (χ0) is 22.6. The second kappa shape index (κ2) is 9.41. The molecule has 1 saturated heterocycles. The van der Waals surface area contributed by atoms with Crippen molar-refractivity contribution in [3.8, 4) is 0 Å². The fraction of sp³-hybridized carbons (Fsp3) is 0.263. The van der Waals surface area contributed by atoms with Crippen LogP contribution in [0.3, 0.4) is 0 Å². The summed E-state index contributed by atoms with van der Waals surface area (Å²) < 4.78 is 31.3. The van der Waals surface area contributed by atoms with Crippen LogP contribution in [0.25, 0.3) is 0 Å². The van der Waals surface area contributed by atoms with Crippen molar-refractivity contribution in [3.63, 3.8) is 0 Å². The third-order valence-corrected chi connectivity index (χ3v) is 6.80. The molecule has 0 spiro atoms. The molecule has 164 valence electrons. The minimum Gasteiger partial charge on any atom is -0.452 e. The molecule has 1 N–H and O–H groups in total. The lowest BCUT2D eigenvalue weighted by atomic mass is 10.2. The summed E-state index contributed by atoms with van der Waals surface area (Å²) in [5.74, 6) is -1.57. The zero-order valence-corrected chi connectivity index (χ0v) is 17.7. The highest BCUT2D eigenvalue weighted by molar-refractivity contribution is 7.89.